The number of amides is 2. The smallest absolute Gasteiger partial charge is 0.273 e. The molecule has 0 unspecified atom stereocenters. The minimum absolute atomic E-state index is 0.0312. The number of hydrogen-bond acceptors (Lipinski definition) is 5. The lowest BCUT2D eigenvalue weighted by molar-refractivity contribution is -0.143. The molecule has 1 aromatic heterocycles. The Morgan fingerprint density at radius 2 is 2.12 bits per heavy atom. The third-order valence-electron chi connectivity index (χ3n) is 4.98. The van der Waals surface area contributed by atoms with Crippen LogP contribution in [0.3, 0.4) is 0 Å². The van der Waals surface area contributed by atoms with Gasteiger partial charge in [0.05, 0.1) is 17.7 Å². The molecule has 0 N–H and O–H groups in total. The van der Waals surface area contributed by atoms with Crippen LogP contribution >= 0.6 is 11.3 Å². The second kappa shape index (κ2) is 6.77. The number of likely N-dealkylation sites (tertiary alicyclic amines) is 1. The van der Waals surface area contributed by atoms with Gasteiger partial charge in [0.2, 0.25) is 0 Å². The van der Waals surface area contributed by atoms with Gasteiger partial charge in [-0.3, -0.25) is 9.59 Å². The maximum absolute atomic E-state index is 13.5. The van der Waals surface area contributed by atoms with Gasteiger partial charge in [0.25, 0.3) is 11.8 Å². The molecule has 6 nitrogen and oxygen atoms in total. The van der Waals surface area contributed by atoms with E-state index in [-0.39, 0.29) is 24.2 Å². The van der Waals surface area contributed by atoms with Gasteiger partial charge in [0, 0.05) is 24.2 Å². The summed E-state index contributed by atoms with van der Waals surface area (Å²) in [5.74, 6) is -0.628. The van der Waals surface area contributed by atoms with E-state index in [4.69, 9.17) is 4.74 Å². The average molecular weight is 375 g/mol. The van der Waals surface area contributed by atoms with Crippen LogP contribution in [0.15, 0.2) is 35.2 Å². The molecule has 2 saturated heterocycles. The zero-order chi connectivity index (χ0) is 18.1. The van der Waals surface area contributed by atoms with E-state index in [0.717, 1.165) is 0 Å². The van der Waals surface area contributed by atoms with Gasteiger partial charge >= 0.3 is 0 Å². The molecule has 2 aromatic rings. The number of benzene rings is 1. The lowest BCUT2D eigenvalue weighted by Crippen LogP contribution is -2.59. The van der Waals surface area contributed by atoms with Crippen molar-refractivity contribution >= 4 is 28.8 Å². The summed E-state index contributed by atoms with van der Waals surface area (Å²) in [7, 11) is 0. The van der Waals surface area contributed by atoms with E-state index in [1.165, 1.54) is 23.5 Å². The maximum Gasteiger partial charge on any atom is 0.273 e. The average Bonchev–Trinajstić information content (AvgIpc) is 3.19. The standard InChI is InChI=1S/C18H18FN3O3S/c19-13-2-1-3-14(8-13)22-11-18(25-9-16(22)23)4-6-21(7-5-18)17(24)15-10-26-12-20-15/h1-3,8,10,12H,4-7,9,11H2. The zero-order valence-electron chi connectivity index (χ0n) is 14.1. The fourth-order valence-corrected chi connectivity index (χ4v) is 4.02. The van der Waals surface area contributed by atoms with Crippen LogP contribution in [0.5, 0.6) is 0 Å². The molecule has 0 radical (unpaired) electrons. The minimum Gasteiger partial charge on any atom is -0.363 e. The molecule has 1 aromatic carbocycles. The van der Waals surface area contributed by atoms with Crippen molar-refractivity contribution in [3.05, 3.63) is 46.7 Å². The molecular weight excluding hydrogens is 357 g/mol. The maximum atomic E-state index is 13.5. The summed E-state index contributed by atoms with van der Waals surface area (Å²) in [5, 5.41) is 1.74. The van der Waals surface area contributed by atoms with Crippen molar-refractivity contribution in [2.45, 2.75) is 18.4 Å². The number of piperidine rings is 1. The van der Waals surface area contributed by atoms with Crippen molar-refractivity contribution in [1.82, 2.24) is 9.88 Å². The monoisotopic (exact) mass is 375 g/mol. The number of nitrogens with zero attached hydrogens (tertiary/aromatic N) is 3. The summed E-state index contributed by atoms with van der Waals surface area (Å²) in [4.78, 5) is 32.1. The summed E-state index contributed by atoms with van der Waals surface area (Å²) < 4.78 is 19.4. The van der Waals surface area contributed by atoms with Gasteiger partial charge in [-0.15, -0.1) is 11.3 Å². The van der Waals surface area contributed by atoms with Gasteiger partial charge in [0.15, 0.2) is 0 Å². The molecule has 2 aliphatic rings. The summed E-state index contributed by atoms with van der Waals surface area (Å²) in [6.07, 6.45) is 1.25. The molecule has 0 atom stereocenters. The fraction of sp³-hybridized carbons (Fsp3) is 0.389. The predicted octanol–water partition coefficient (Wildman–Crippen LogP) is 2.32. The van der Waals surface area contributed by atoms with E-state index in [1.807, 2.05) is 0 Å². The number of halogens is 1. The fourth-order valence-electron chi connectivity index (χ4n) is 3.49. The minimum atomic E-state index is -0.501. The zero-order valence-corrected chi connectivity index (χ0v) is 14.9. The number of hydrogen-bond donors (Lipinski definition) is 0. The van der Waals surface area contributed by atoms with Crippen LogP contribution < -0.4 is 4.90 Å². The number of anilines is 1. The van der Waals surface area contributed by atoms with E-state index in [9.17, 15) is 14.0 Å². The summed E-state index contributed by atoms with van der Waals surface area (Å²) in [6, 6.07) is 6.03. The topological polar surface area (TPSA) is 62.7 Å². The highest BCUT2D eigenvalue weighted by Gasteiger charge is 2.43. The molecule has 0 bridgehead atoms. The number of carbonyl (C=O) groups excluding carboxylic acids is 2. The Kier molecular flexibility index (Phi) is 4.46. The van der Waals surface area contributed by atoms with Crippen LogP contribution in [0, 0.1) is 5.82 Å². The molecule has 2 aliphatic heterocycles. The van der Waals surface area contributed by atoms with Crippen molar-refractivity contribution in [1.29, 1.82) is 0 Å². The Balaban J connectivity index is 1.46. The first kappa shape index (κ1) is 17.1. The molecule has 136 valence electrons. The van der Waals surface area contributed by atoms with Crippen LogP contribution in [0.25, 0.3) is 0 Å². The van der Waals surface area contributed by atoms with Crippen LogP contribution in [0.2, 0.25) is 0 Å². The highest BCUT2D eigenvalue weighted by atomic mass is 32.1. The molecular formula is C18H18FN3O3S. The predicted molar refractivity (Wildman–Crippen MR) is 94.7 cm³/mol. The third-order valence-corrected chi connectivity index (χ3v) is 5.57. The van der Waals surface area contributed by atoms with Gasteiger partial charge in [-0.25, -0.2) is 9.37 Å². The van der Waals surface area contributed by atoms with Crippen LogP contribution in [0.1, 0.15) is 23.3 Å². The lowest BCUT2D eigenvalue weighted by Gasteiger charge is -2.46. The summed E-state index contributed by atoms with van der Waals surface area (Å²) in [6.45, 7) is 1.42. The first-order valence-corrected chi connectivity index (χ1v) is 9.38. The molecule has 3 heterocycles. The Morgan fingerprint density at radius 3 is 2.81 bits per heavy atom. The Labute approximate surface area is 154 Å². The van der Waals surface area contributed by atoms with Crippen molar-refractivity contribution < 1.29 is 18.7 Å². The quantitative estimate of drug-likeness (QED) is 0.808. The number of thiazole rings is 1. The third kappa shape index (κ3) is 3.22. The Bertz CT molecular complexity index is 819. The SMILES string of the molecule is O=C(c1cscn1)N1CCC2(CC1)CN(c1cccc(F)c1)C(=O)CO2. The number of morpholine rings is 1. The second-order valence-corrected chi connectivity index (χ2v) is 7.32. The highest BCUT2D eigenvalue weighted by Crippen LogP contribution is 2.33. The summed E-state index contributed by atoms with van der Waals surface area (Å²) in [5.41, 5.74) is 2.15. The van der Waals surface area contributed by atoms with Crippen molar-refractivity contribution in [3.63, 3.8) is 0 Å². The summed E-state index contributed by atoms with van der Waals surface area (Å²) >= 11 is 1.39. The first-order chi connectivity index (χ1) is 12.6. The Morgan fingerprint density at radius 1 is 1.31 bits per heavy atom. The molecule has 0 saturated carbocycles. The van der Waals surface area contributed by atoms with Crippen molar-refractivity contribution in [2.24, 2.45) is 0 Å². The number of ether oxygens (including phenoxy) is 1. The molecule has 1 spiro atoms. The molecule has 26 heavy (non-hydrogen) atoms. The molecule has 2 fully saturated rings. The number of rotatable bonds is 2. The largest absolute Gasteiger partial charge is 0.363 e. The van der Waals surface area contributed by atoms with E-state index in [2.05, 4.69) is 4.98 Å². The van der Waals surface area contributed by atoms with Crippen LogP contribution in [-0.4, -0.2) is 53.5 Å². The Hall–Kier alpha value is -2.32. The first-order valence-electron chi connectivity index (χ1n) is 8.44. The van der Waals surface area contributed by atoms with Gasteiger partial charge in [0.1, 0.15) is 18.1 Å². The second-order valence-electron chi connectivity index (χ2n) is 6.60. The van der Waals surface area contributed by atoms with Crippen LogP contribution in [0.4, 0.5) is 10.1 Å². The number of carbonyl (C=O) groups is 2. The van der Waals surface area contributed by atoms with E-state index in [1.54, 1.807) is 32.8 Å². The van der Waals surface area contributed by atoms with E-state index in [0.29, 0.717) is 43.9 Å². The van der Waals surface area contributed by atoms with Crippen molar-refractivity contribution in [3.8, 4) is 0 Å². The van der Waals surface area contributed by atoms with Crippen LogP contribution in [-0.2, 0) is 9.53 Å². The normalized spacial score (nSPS) is 19.8. The molecule has 0 aliphatic carbocycles. The van der Waals surface area contributed by atoms with Gasteiger partial charge < -0.3 is 14.5 Å². The lowest BCUT2D eigenvalue weighted by atomic mass is 9.89. The van der Waals surface area contributed by atoms with Gasteiger partial charge in [-0.2, -0.15) is 0 Å². The highest BCUT2D eigenvalue weighted by molar-refractivity contribution is 7.07. The van der Waals surface area contributed by atoms with Crippen molar-refractivity contribution in [2.75, 3.05) is 31.1 Å². The number of aromatic nitrogens is 1. The molecule has 2 amide bonds. The molecule has 4 rings (SSSR count). The van der Waals surface area contributed by atoms with Gasteiger partial charge in [-0.1, -0.05) is 6.07 Å². The van der Waals surface area contributed by atoms with E-state index >= 15 is 0 Å². The van der Waals surface area contributed by atoms with E-state index < -0.39 is 5.60 Å². The molecule has 8 heteroatoms. The van der Waals surface area contributed by atoms with Gasteiger partial charge in [-0.05, 0) is 31.0 Å².